The molecule has 7 nitrogen and oxygen atoms in total. The summed E-state index contributed by atoms with van der Waals surface area (Å²) < 4.78 is 29.8. The third-order valence-corrected chi connectivity index (χ3v) is 15.1. The van der Waals surface area contributed by atoms with Gasteiger partial charge >= 0.3 is 5.97 Å². The number of carbonyl (C=O) groups excluding carboxylic acids is 1. The quantitative estimate of drug-likeness (QED) is 0.150. The molecule has 0 radical (unpaired) electrons. The zero-order valence-corrected chi connectivity index (χ0v) is 34.8. The van der Waals surface area contributed by atoms with Crippen LogP contribution in [0.4, 0.5) is 0 Å². The summed E-state index contributed by atoms with van der Waals surface area (Å²) in [5, 5.41) is 0.443. The van der Waals surface area contributed by atoms with Crippen LogP contribution in [-0.4, -0.2) is 31.9 Å². The standard InChI is InChI=1S/C49H64O7/c1-30(2)9-7-10-31(3)34-11-17-40-38-15-13-35-26-37(19-22-49(35,6)41(38)20-21-48(40,5)28-34)56-45(50)29-54-36-14-16-39-43(27-36)55-32(4)46(47(39)51)33-12-18-42-44(25-33)53-24-8-23-52-42/h12-14,16,18,25,27,30-31,34,37-38,40-41H,7-11,15,17,19-24,26,28-29H2,1-6H3. The Labute approximate surface area is 333 Å². The van der Waals surface area contributed by atoms with Crippen molar-refractivity contribution in [2.24, 2.45) is 46.3 Å². The minimum atomic E-state index is -0.362. The van der Waals surface area contributed by atoms with Gasteiger partial charge in [-0.15, -0.1) is 0 Å². The summed E-state index contributed by atoms with van der Waals surface area (Å²) in [6, 6.07) is 10.6. The summed E-state index contributed by atoms with van der Waals surface area (Å²) in [7, 11) is 0. The van der Waals surface area contributed by atoms with E-state index in [1.165, 1.54) is 63.4 Å². The molecule has 0 bridgehead atoms. The molecule has 1 aliphatic heterocycles. The number of aryl methyl sites for hydroxylation is 1. The second-order valence-electron chi connectivity index (χ2n) is 19.2. The predicted octanol–water partition coefficient (Wildman–Crippen LogP) is 11.7. The zero-order chi connectivity index (χ0) is 39.2. The average molecular weight is 765 g/mol. The van der Waals surface area contributed by atoms with E-state index in [1.54, 1.807) is 25.1 Å². The first-order valence-electron chi connectivity index (χ1n) is 21.9. The van der Waals surface area contributed by atoms with E-state index in [2.05, 4.69) is 40.7 Å². The molecule has 8 unspecified atom stereocenters. The van der Waals surface area contributed by atoms with Crippen LogP contribution >= 0.6 is 0 Å². The minimum absolute atomic E-state index is 0.121. The van der Waals surface area contributed by atoms with Crippen molar-refractivity contribution in [3.8, 4) is 28.4 Å². The highest BCUT2D eigenvalue weighted by molar-refractivity contribution is 5.84. The maximum atomic E-state index is 13.7. The van der Waals surface area contributed by atoms with Crippen molar-refractivity contribution in [3.05, 3.63) is 64.0 Å². The van der Waals surface area contributed by atoms with Crippen molar-refractivity contribution in [1.82, 2.24) is 0 Å². The van der Waals surface area contributed by atoms with E-state index in [0.29, 0.717) is 63.7 Å². The molecule has 8 atom stereocenters. The highest BCUT2D eigenvalue weighted by Crippen LogP contribution is 2.65. The van der Waals surface area contributed by atoms with Crippen LogP contribution in [0.3, 0.4) is 0 Å². The highest BCUT2D eigenvalue weighted by atomic mass is 16.6. The Kier molecular flexibility index (Phi) is 11.1. The van der Waals surface area contributed by atoms with Gasteiger partial charge in [0.15, 0.2) is 18.1 Å². The lowest BCUT2D eigenvalue weighted by Crippen LogP contribution is -2.52. The number of carbonyl (C=O) groups is 1. The summed E-state index contributed by atoms with van der Waals surface area (Å²) in [6.07, 6.45) is 18.3. The maximum Gasteiger partial charge on any atom is 0.344 e. The first kappa shape index (κ1) is 39.1. The van der Waals surface area contributed by atoms with E-state index in [9.17, 15) is 9.59 Å². The zero-order valence-electron chi connectivity index (χ0n) is 34.8. The lowest BCUT2D eigenvalue weighted by atomic mass is 9.44. The second kappa shape index (κ2) is 15.9. The number of esters is 1. The Balaban J connectivity index is 0.867. The monoisotopic (exact) mass is 764 g/mol. The van der Waals surface area contributed by atoms with E-state index in [1.807, 2.05) is 18.2 Å². The van der Waals surface area contributed by atoms with Gasteiger partial charge in [-0.1, -0.05) is 71.6 Å². The molecule has 302 valence electrons. The van der Waals surface area contributed by atoms with E-state index >= 15 is 0 Å². The van der Waals surface area contributed by atoms with Crippen LogP contribution in [0.25, 0.3) is 22.1 Å². The molecule has 8 rings (SSSR count). The Morgan fingerprint density at radius 2 is 1.75 bits per heavy atom. The summed E-state index contributed by atoms with van der Waals surface area (Å²) in [5.41, 5.74) is 3.69. The van der Waals surface area contributed by atoms with E-state index in [-0.39, 0.29) is 29.5 Å². The van der Waals surface area contributed by atoms with Gasteiger partial charge in [0.1, 0.15) is 23.2 Å². The average Bonchev–Trinajstić information content (AvgIpc) is 3.41. The normalized spacial score (nSPS) is 30.3. The number of hydrogen-bond donors (Lipinski definition) is 0. The summed E-state index contributed by atoms with van der Waals surface area (Å²) in [6.45, 7) is 15.2. The van der Waals surface area contributed by atoms with Crippen molar-refractivity contribution in [2.75, 3.05) is 19.8 Å². The van der Waals surface area contributed by atoms with Gasteiger partial charge in [0.05, 0.1) is 24.2 Å². The number of hydrogen-bond acceptors (Lipinski definition) is 7. The van der Waals surface area contributed by atoms with Crippen LogP contribution in [0, 0.1) is 53.3 Å². The maximum absolute atomic E-state index is 13.7. The van der Waals surface area contributed by atoms with E-state index < -0.39 is 0 Å². The molecule has 0 saturated heterocycles. The van der Waals surface area contributed by atoms with Gasteiger partial charge < -0.3 is 23.4 Å². The largest absolute Gasteiger partial charge is 0.490 e. The molecular weight excluding hydrogens is 701 g/mol. The molecule has 0 N–H and O–H groups in total. The smallest absolute Gasteiger partial charge is 0.344 e. The summed E-state index contributed by atoms with van der Waals surface area (Å²) in [4.78, 5) is 26.8. The summed E-state index contributed by atoms with van der Waals surface area (Å²) >= 11 is 0. The van der Waals surface area contributed by atoms with Gasteiger partial charge in [-0.25, -0.2) is 4.79 Å². The number of ether oxygens (including phenoxy) is 4. The molecule has 56 heavy (non-hydrogen) atoms. The number of allylic oxidation sites excluding steroid dienone is 1. The van der Waals surface area contributed by atoms with Crippen LogP contribution in [0.5, 0.6) is 17.2 Å². The Morgan fingerprint density at radius 3 is 2.57 bits per heavy atom. The van der Waals surface area contributed by atoms with Crippen LogP contribution in [0.2, 0.25) is 0 Å². The fourth-order valence-corrected chi connectivity index (χ4v) is 12.0. The molecular formula is C49H64O7. The van der Waals surface area contributed by atoms with Crippen LogP contribution in [-0.2, 0) is 9.53 Å². The van der Waals surface area contributed by atoms with Crippen LogP contribution < -0.4 is 19.6 Å². The Bertz CT molecular complexity index is 2010. The third-order valence-electron chi connectivity index (χ3n) is 15.1. The third kappa shape index (κ3) is 7.65. The first-order valence-corrected chi connectivity index (χ1v) is 21.9. The van der Waals surface area contributed by atoms with Crippen LogP contribution in [0.15, 0.2) is 57.3 Å². The number of benzene rings is 2. The minimum Gasteiger partial charge on any atom is -0.490 e. The van der Waals surface area contributed by atoms with Crippen molar-refractivity contribution in [1.29, 1.82) is 0 Å². The summed E-state index contributed by atoms with van der Waals surface area (Å²) in [5.74, 6) is 6.79. The highest BCUT2D eigenvalue weighted by Gasteiger charge is 2.56. The predicted molar refractivity (Wildman–Crippen MR) is 221 cm³/mol. The molecule has 0 amide bonds. The van der Waals surface area contributed by atoms with E-state index in [0.717, 1.165) is 61.2 Å². The van der Waals surface area contributed by atoms with Crippen LogP contribution in [0.1, 0.15) is 124 Å². The first-order chi connectivity index (χ1) is 26.9. The van der Waals surface area contributed by atoms with Gasteiger partial charge in [-0.05, 0) is 134 Å². The van der Waals surface area contributed by atoms with Crippen molar-refractivity contribution >= 4 is 16.9 Å². The molecule has 2 heterocycles. The van der Waals surface area contributed by atoms with E-state index in [4.69, 9.17) is 23.4 Å². The molecule has 3 fully saturated rings. The van der Waals surface area contributed by atoms with Gasteiger partial charge in [-0.3, -0.25) is 4.79 Å². The fourth-order valence-electron chi connectivity index (χ4n) is 12.0. The molecule has 1 aromatic heterocycles. The SMILES string of the molecule is Cc1oc2cc(OCC(=O)OC3CCC4(C)C(=CCC5C6CCC(C(C)CCCC(C)C)CC6(C)CCC54)C3)ccc2c(=O)c1-c1ccc2c(c1)OCCCO2. The van der Waals surface area contributed by atoms with Crippen molar-refractivity contribution < 1.29 is 28.2 Å². The van der Waals surface area contributed by atoms with Gasteiger partial charge in [0.2, 0.25) is 5.43 Å². The van der Waals surface area contributed by atoms with Gasteiger partial charge in [-0.2, -0.15) is 0 Å². The Hall–Kier alpha value is -3.74. The fraction of sp³-hybridized carbons (Fsp3) is 0.633. The molecule has 2 aromatic carbocycles. The van der Waals surface area contributed by atoms with Gasteiger partial charge in [0, 0.05) is 18.9 Å². The van der Waals surface area contributed by atoms with Gasteiger partial charge in [0.25, 0.3) is 0 Å². The van der Waals surface area contributed by atoms with Crippen molar-refractivity contribution in [3.63, 3.8) is 0 Å². The number of rotatable bonds is 10. The molecule has 5 aliphatic rings. The lowest BCUT2D eigenvalue weighted by molar-refractivity contribution is -0.154. The molecule has 3 aromatic rings. The molecule has 4 aliphatic carbocycles. The molecule has 3 saturated carbocycles. The topological polar surface area (TPSA) is 84.2 Å². The number of fused-ring (bicyclic) bond motifs is 7. The second-order valence-corrected chi connectivity index (χ2v) is 19.2. The van der Waals surface area contributed by atoms with Crippen molar-refractivity contribution in [2.45, 2.75) is 131 Å². The molecule has 7 heteroatoms. The Morgan fingerprint density at radius 1 is 0.929 bits per heavy atom. The lowest BCUT2D eigenvalue weighted by Gasteiger charge is -2.61. The molecule has 0 spiro atoms.